The Morgan fingerprint density at radius 2 is 1.68 bits per heavy atom. The summed E-state index contributed by atoms with van der Waals surface area (Å²) in [4.78, 5) is 0.207. The lowest BCUT2D eigenvalue weighted by Gasteiger charge is -2.19. The Kier molecular flexibility index (Phi) is 4.39. The molecule has 1 saturated carbocycles. The molecular weight excluding hydrogens is 338 g/mol. The van der Waals surface area contributed by atoms with Crippen LogP contribution in [0.25, 0.3) is 0 Å². The van der Waals surface area contributed by atoms with Gasteiger partial charge in [-0.25, -0.2) is 13.1 Å². The number of rotatable bonds is 5. The second-order valence-corrected chi connectivity index (χ2v) is 8.22. The fourth-order valence-corrected chi connectivity index (χ4v) is 4.38. The lowest BCUT2D eigenvalue weighted by atomic mass is 10.0. The highest BCUT2D eigenvalue weighted by Gasteiger charge is 2.35. The van der Waals surface area contributed by atoms with Gasteiger partial charge in [0.2, 0.25) is 10.0 Å². The van der Waals surface area contributed by atoms with Gasteiger partial charge < -0.3 is 9.47 Å². The fourth-order valence-electron chi connectivity index (χ4n) is 3.07. The van der Waals surface area contributed by atoms with Crippen LogP contribution in [0.2, 0.25) is 0 Å². The third-order valence-electron chi connectivity index (χ3n) is 4.56. The molecule has 0 amide bonds. The van der Waals surface area contributed by atoms with Crippen molar-refractivity contribution in [2.24, 2.45) is 5.92 Å². The normalized spacial score (nSPS) is 18.4. The van der Waals surface area contributed by atoms with Gasteiger partial charge in [0.15, 0.2) is 11.5 Å². The van der Waals surface area contributed by atoms with Gasteiger partial charge in [-0.15, -0.1) is 0 Å². The summed E-state index contributed by atoms with van der Waals surface area (Å²) < 4.78 is 39.9. The Morgan fingerprint density at radius 1 is 0.960 bits per heavy atom. The maximum absolute atomic E-state index is 12.9. The Hall–Kier alpha value is -2.05. The average molecular weight is 359 g/mol. The highest BCUT2D eigenvalue weighted by atomic mass is 32.2. The molecule has 5 nitrogen and oxygen atoms in total. The quantitative estimate of drug-likeness (QED) is 0.890. The van der Waals surface area contributed by atoms with Crippen molar-refractivity contribution in [3.8, 4) is 11.5 Å². The van der Waals surface area contributed by atoms with Gasteiger partial charge in [0.25, 0.3) is 0 Å². The van der Waals surface area contributed by atoms with Crippen LogP contribution in [0.5, 0.6) is 11.5 Å². The average Bonchev–Trinajstić information content (AvgIpc) is 3.46. The van der Waals surface area contributed by atoms with Crippen LogP contribution in [0, 0.1) is 5.92 Å². The van der Waals surface area contributed by atoms with Crippen LogP contribution in [0.3, 0.4) is 0 Å². The van der Waals surface area contributed by atoms with Crippen molar-refractivity contribution in [1.82, 2.24) is 4.72 Å². The number of nitrogens with one attached hydrogen (secondary N) is 1. The van der Waals surface area contributed by atoms with Crippen molar-refractivity contribution < 1.29 is 17.9 Å². The Labute approximate surface area is 148 Å². The minimum absolute atomic E-state index is 0.192. The van der Waals surface area contributed by atoms with Crippen molar-refractivity contribution in [3.63, 3.8) is 0 Å². The minimum Gasteiger partial charge on any atom is -0.490 e. The Balaban J connectivity index is 1.62. The first kappa shape index (κ1) is 16.4. The molecule has 25 heavy (non-hydrogen) atoms. The smallest absolute Gasteiger partial charge is 0.241 e. The number of benzene rings is 2. The lowest BCUT2D eigenvalue weighted by molar-refractivity contribution is 0.297. The van der Waals surface area contributed by atoms with E-state index in [0.29, 0.717) is 30.6 Å². The van der Waals surface area contributed by atoms with Gasteiger partial charge in [0.05, 0.1) is 18.1 Å². The van der Waals surface area contributed by atoms with E-state index in [1.807, 2.05) is 30.3 Å². The maximum atomic E-state index is 12.9. The van der Waals surface area contributed by atoms with E-state index < -0.39 is 10.0 Å². The maximum Gasteiger partial charge on any atom is 0.241 e. The van der Waals surface area contributed by atoms with Crippen LogP contribution < -0.4 is 14.2 Å². The summed E-state index contributed by atoms with van der Waals surface area (Å²) in [6.07, 6.45) is 2.87. The Morgan fingerprint density at radius 3 is 2.40 bits per heavy atom. The van der Waals surface area contributed by atoms with Crippen LogP contribution in [-0.2, 0) is 10.0 Å². The van der Waals surface area contributed by atoms with Crippen LogP contribution in [0.4, 0.5) is 0 Å². The largest absolute Gasteiger partial charge is 0.490 e. The summed E-state index contributed by atoms with van der Waals surface area (Å²) in [5, 5.41) is 0. The van der Waals surface area contributed by atoms with Gasteiger partial charge in [0, 0.05) is 18.5 Å². The zero-order valence-electron chi connectivity index (χ0n) is 13.9. The zero-order chi connectivity index (χ0) is 17.3. The summed E-state index contributed by atoms with van der Waals surface area (Å²) in [5.74, 6) is 1.44. The minimum atomic E-state index is -3.64. The molecule has 0 saturated heterocycles. The van der Waals surface area contributed by atoms with E-state index >= 15 is 0 Å². The van der Waals surface area contributed by atoms with E-state index in [-0.39, 0.29) is 10.9 Å². The first-order valence-electron chi connectivity index (χ1n) is 8.60. The van der Waals surface area contributed by atoms with Crippen molar-refractivity contribution in [1.29, 1.82) is 0 Å². The van der Waals surface area contributed by atoms with Crippen molar-refractivity contribution in [2.75, 3.05) is 13.2 Å². The van der Waals surface area contributed by atoms with Crippen molar-refractivity contribution in [3.05, 3.63) is 54.1 Å². The predicted octanol–water partition coefficient (Wildman–Crippen LogP) is 3.28. The van der Waals surface area contributed by atoms with E-state index in [1.165, 1.54) is 0 Å². The molecule has 1 atom stereocenters. The molecule has 1 fully saturated rings. The molecule has 0 radical (unpaired) electrons. The van der Waals surface area contributed by atoms with Crippen molar-refractivity contribution >= 4 is 10.0 Å². The molecule has 1 heterocycles. The first-order valence-corrected chi connectivity index (χ1v) is 10.1. The molecule has 4 rings (SSSR count). The molecular formula is C19H21NO4S. The van der Waals surface area contributed by atoms with Crippen LogP contribution in [-0.4, -0.2) is 21.6 Å². The standard InChI is InChI=1S/C19H21NO4S/c21-25(22,16-9-10-17-18(13-16)24-12-4-11-23-17)20-19(15-7-8-15)14-5-2-1-3-6-14/h1-3,5-6,9-10,13,15,19-20H,4,7-8,11-12H2. The molecule has 132 valence electrons. The third kappa shape index (κ3) is 3.65. The van der Waals surface area contributed by atoms with Gasteiger partial charge in [-0.05, 0) is 36.5 Å². The molecule has 2 aromatic carbocycles. The summed E-state index contributed by atoms with van der Waals surface area (Å²) in [5.41, 5.74) is 1.00. The molecule has 0 bridgehead atoms. The van der Waals surface area contributed by atoms with Crippen molar-refractivity contribution in [2.45, 2.75) is 30.2 Å². The van der Waals surface area contributed by atoms with E-state index in [1.54, 1.807) is 18.2 Å². The number of fused-ring (bicyclic) bond motifs is 1. The van der Waals surface area contributed by atoms with Gasteiger partial charge in [-0.3, -0.25) is 0 Å². The summed E-state index contributed by atoms with van der Waals surface area (Å²) in [6.45, 7) is 1.10. The summed E-state index contributed by atoms with van der Waals surface area (Å²) in [7, 11) is -3.64. The van der Waals surface area contributed by atoms with Gasteiger partial charge in [0.1, 0.15) is 0 Å². The number of sulfonamides is 1. The molecule has 6 heteroatoms. The highest BCUT2D eigenvalue weighted by molar-refractivity contribution is 7.89. The molecule has 1 aliphatic heterocycles. The van der Waals surface area contributed by atoms with Gasteiger partial charge >= 0.3 is 0 Å². The third-order valence-corrected chi connectivity index (χ3v) is 6.00. The van der Waals surface area contributed by atoms with E-state index in [0.717, 1.165) is 24.8 Å². The lowest BCUT2D eigenvalue weighted by Crippen LogP contribution is -2.30. The zero-order valence-corrected chi connectivity index (χ0v) is 14.7. The molecule has 0 aromatic heterocycles. The Bertz CT molecular complexity index is 847. The number of hydrogen-bond donors (Lipinski definition) is 1. The van der Waals surface area contributed by atoms with Gasteiger partial charge in [-0.2, -0.15) is 0 Å². The number of hydrogen-bond acceptors (Lipinski definition) is 4. The SMILES string of the molecule is O=S(=O)(NC(c1ccccc1)C1CC1)c1ccc2c(c1)OCCCO2. The second kappa shape index (κ2) is 6.69. The number of ether oxygens (including phenoxy) is 2. The fraction of sp³-hybridized carbons (Fsp3) is 0.368. The molecule has 1 N–H and O–H groups in total. The van der Waals surface area contributed by atoms with Gasteiger partial charge in [-0.1, -0.05) is 30.3 Å². The highest BCUT2D eigenvalue weighted by Crippen LogP contribution is 2.42. The first-order chi connectivity index (χ1) is 12.1. The van der Waals surface area contributed by atoms with Crippen LogP contribution in [0.1, 0.15) is 30.9 Å². The molecule has 1 unspecified atom stereocenters. The molecule has 2 aromatic rings. The summed E-state index contributed by atoms with van der Waals surface area (Å²) in [6, 6.07) is 14.4. The molecule has 2 aliphatic rings. The molecule has 1 aliphatic carbocycles. The summed E-state index contributed by atoms with van der Waals surface area (Å²) >= 11 is 0. The van der Waals surface area contributed by atoms with E-state index in [4.69, 9.17) is 9.47 Å². The monoisotopic (exact) mass is 359 g/mol. The van der Waals surface area contributed by atoms with Crippen LogP contribution in [0.15, 0.2) is 53.4 Å². The topological polar surface area (TPSA) is 64.6 Å². The predicted molar refractivity (Wildman–Crippen MR) is 94.3 cm³/mol. The second-order valence-electron chi connectivity index (χ2n) is 6.51. The molecule has 0 spiro atoms. The van der Waals surface area contributed by atoms with E-state index in [2.05, 4.69) is 4.72 Å². The van der Waals surface area contributed by atoms with E-state index in [9.17, 15) is 8.42 Å². The van der Waals surface area contributed by atoms with Crippen LogP contribution >= 0.6 is 0 Å².